The van der Waals surface area contributed by atoms with Gasteiger partial charge >= 0.3 is 12.1 Å². The van der Waals surface area contributed by atoms with Crippen LogP contribution in [-0.4, -0.2) is 61.1 Å². The van der Waals surface area contributed by atoms with Gasteiger partial charge in [0, 0.05) is 13.1 Å². The van der Waals surface area contributed by atoms with E-state index in [9.17, 15) is 18.0 Å². The molecule has 3 N–H and O–H groups in total. The summed E-state index contributed by atoms with van der Waals surface area (Å²) in [5.41, 5.74) is 6.16. The molecule has 1 aliphatic heterocycles. The minimum Gasteiger partial charge on any atom is -0.480 e. The van der Waals surface area contributed by atoms with E-state index >= 15 is 0 Å². The maximum absolute atomic E-state index is 11.9. The highest BCUT2D eigenvalue weighted by atomic mass is 32.2. The predicted octanol–water partition coefficient (Wildman–Crippen LogP) is -0.130. The molecule has 1 heterocycles. The van der Waals surface area contributed by atoms with Gasteiger partial charge in [0.05, 0.1) is 11.5 Å². The van der Waals surface area contributed by atoms with Crippen molar-refractivity contribution in [3.8, 4) is 5.75 Å². The van der Waals surface area contributed by atoms with Gasteiger partial charge < -0.3 is 20.5 Å². The van der Waals surface area contributed by atoms with Crippen molar-refractivity contribution < 1.29 is 27.9 Å². The number of carboxylic acid groups (broad SMARTS) is 1. The normalized spacial score (nSPS) is 18.2. The highest BCUT2D eigenvalue weighted by Crippen LogP contribution is 2.15. The summed E-state index contributed by atoms with van der Waals surface area (Å²) in [7, 11) is -3.06. The molecule has 2 rings (SSSR count). The average molecular weight is 342 g/mol. The highest BCUT2D eigenvalue weighted by Gasteiger charge is 2.26. The molecule has 1 aromatic carbocycles. The van der Waals surface area contributed by atoms with E-state index in [1.54, 1.807) is 24.3 Å². The van der Waals surface area contributed by atoms with E-state index in [0.29, 0.717) is 11.3 Å². The summed E-state index contributed by atoms with van der Waals surface area (Å²) in [4.78, 5) is 24.0. The van der Waals surface area contributed by atoms with Crippen molar-refractivity contribution in [3.05, 3.63) is 29.8 Å². The first-order valence-electron chi connectivity index (χ1n) is 7.01. The van der Waals surface area contributed by atoms with E-state index in [1.807, 2.05) is 0 Å². The molecule has 1 saturated heterocycles. The molecule has 0 radical (unpaired) electrons. The molecule has 0 bridgehead atoms. The summed E-state index contributed by atoms with van der Waals surface area (Å²) < 4.78 is 27.8. The monoisotopic (exact) mass is 342 g/mol. The number of hydrogen-bond acceptors (Lipinski definition) is 6. The molecule has 1 fully saturated rings. The van der Waals surface area contributed by atoms with E-state index < -0.39 is 27.9 Å². The van der Waals surface area contributed by atoms with Crippen LogP contribution in [0.5, 0.6) is 5.75 Å². The number of nitrogens with zero attached hydrogens (tertiary/aromatic N) is 1. The van der Waals surface area contributed by atoms with Crippen LogP contribution in [0.1, 0.15) is 5.56 Å². The molecule has 0 unspecified atom stereocenters. The lowest BCUT2D eigenvalue weighted by Crippen LogP contribution is -2.44. The number of sulfone groups is 1. The fourth-order valence-corrected chi connectivity index (χ4v) is 3.30. The Labute approximate surface area is 133 Å². The Morgan fingerprint density at radius 2 is 1.78 bits per heavy atom. The number of amides is 1. The van der Waals surface area contributed by atoms with Crippen LogP contribution in [0, 0.1) is 0 Å². The number of carbonyl (C=O) groups excluding carboxylic acids is 1. The summed E-state index contributed by atoms with van der Waals surface area (Å²) >= 11 is 0. The van der Waals surface area contributed by atoms with E-state index in [2.05, 4.69) is 0 Å². The second kappa shape index (κ2) is 6.97. The molecular formula is C14H18N2O6S. The number of aliphatic carboxylic acids is 1. The quantitative estimate of drug-likeness (QED) is 0.780. The molecular weight excluding hydrogens is 324 g/mol. The maximum Gasteiger partial charge on any atom is 0.415 e. The first kappa shape index (κ1) is 17.2. The van der Waals surface area contributed by atoms with Crippen LogP contribution < -0.4 is 10.5 Å². The average Bonchev–Trinajstić information content (AvgIpc) is 2.49. The topological polar surface area (TPSA) is 127 Å². The molecule has 0 saturated carbocycles. The molecule has 0 spiro atoms. The Kier molecular flexibility index (Phi) is 5.22. The maximum atomic E-state index is 11.9. The van der Waals surface area contributed by atoms with Crippen molar-refractivity contribution in [2.75, 3.05) is 24.6 Å². The zero-order chi connectivity index (χ0) is 17.0. The molecule has 0 aromatic heterocycles. The largest absolute Gasteiger partial charge is 0.480 e. The van der Waals surface area contributed by atoms with Crippen LogP contribution in [0.3, 0.4) is 0 Å². The van der Waals surface area contributed by atoms with Gasteiger partial charge in [-0.05, 0) is 24.1 Å². The minimum absolute atomic E-state index is 0.0614. The second-order valence-corrected chi connectivity index (χ2v) is 7.60. The standard InChI is InChI=1S/C14H18N2O6S/c15-12(13(17)18)9-10-1-3-11(4-2-10)22-14(19)16-5-7-23(20,21)8-6-16/h1-4,12H,5-9,15H2,(H,17,18)/t12-/m0/s1. The van der Waals surface area contributed by atoms with Gasteiger partial charge in [-0.2, -0.15) is 0 Å². The lowest BCUT2D eigenvalue weighted by molar-refractivity contribution is -0.138. The third-order valence-electron chi connectivity index (χ3n) is 3.50. The zero-order valence-electron chi connectivity index (χ0n) is 12.3. The van der Waals surface area contributed by atoms with Crippen LogP contribution in [0.15, 0.2) is 24.3 Å². The number of rotatable bonds is 4. The third-order valence-corrected chi connectivity index (χ3v) is 5.11. The van der Waals surface area contributed by atoms with Crippen LogP contribution in [-0.2, 0) is 21.1 Å². The van der Waals surface area contributed by atoms with Gasteiger partial charge in [0.25, 0.3) is 0 Å². The zero-order valence-corrected chi connectivity index (χ0v) is 13.2. The molecule has 23 heavy (non-hydrogen) atoms. The summed E-state index contributed by atoms with van der Waals surface area (Å²) in [6.07, 6.45) is -0.428. The van der Waals surface area contributed by atoms with Gasteiger partial charge in [0.1, 0.15) is 11.8 Å². The molecule has 1 amide bonds. The summed E-state index contributed by atoms with van der Waals surface area (Å²) in [5.74, 6) is -0.904. The van der Waals surface area contributed by atoms with Crippen LogP contribution in [0.4, 0.5) is 4.79 Å². The smallest absolute Gasteiger partial charge is 0.415 e. The summed E-state index contributed by atoms with van der Waals surface area (Å²) in [6, 6.07) is 5.36. The van der Waals surface area contributed by atoms with Gasteiger partial charge in [-0.3, -0.25) is 4.79 Å². The fourth-order valence-electron chi connectivity index (χ4n) is 2.10. The number of benzene rings is 1. The molecule has 9 heteroatoms. The third kappa shape index (κ3) is 4.93. The Morgan fingerprint density at radius 1 is 1.22 bits per heavy atom. The lowest BCUT2D eigenvalue weighted by atomic mass is 10.1. The van der Waals surface area contributed by atoms with Gasteiger partial charge in [0.2, 0.25) is 0 Å². The Hall–Kier alpha value is -2.13. The number of hydrogen-bond donors (Lipinski definition) is 2. The van der Waals surface area contributed by atoms with Crippen LogP contribution in [0.2, 0.25) is 0 Å². The van der Waals surface area contributed by atoms with Crippen molar-refractivity contribution in [1.29, 1.82) is 0 Å². The summed E-state index contributed by atoms with van der Waals surface area (Å²) in [5, 5.41) is 8.76. The SMILES string of the molecule is N[C@@H](Cc1ccc(OC(=O)N2CCS(=O)(=O)CC2)cc1)C(=O)O. The second-order valence-electron chi connectivity index (χ2n) is 5.30. The van der Waals surface area contributed by atoms with Gasteiger partial charge in [-0.1, -0.05) is 12.1 Å². The van der Waals surface area contributed by atoms with Gasteiger partial charge in [0.15, 0.2) is 9.84 Å². The van der Waals surface area contributed by atoms with Crippen molar-refractivity contribution in [2.45, 2.75) is 12.5 Å². The molecule has 1 aliphatic rings. The summed E-state index contributed by atoms with van der Waals surface area (Å²) in [6.45, 7) is 0.236. The highest BCUT2D eigenvalue weighted by molar-refractivity contribution is 7.91. The van der Waals surface area contributed by atoms with Crippen molar-refractivity contribution in [1.82, 2.24) is 4.90 Å². The minimum atomic E-state index is -3.06. The van der Waals surface area contributed by atoms with Gasteiger partial charge in [-0.25, -0.2) is 13.2 Å². The lowest BCUT2D eigenvalue weighted by Gasteiger charge is -2.25. The van der Waals surface area contributed by atoms with Crippen molar-refractivity contribution in [2.24, 2.45) is 5.73 Å². The first-order valence-corrected chi connectivity index (χ1v) is 8.83. The fraction of sp³-hybridized carbons (Fsp3) is 0.429. The number of nitrogens with two attached hydrogens (primary N) is 1. The number of ether oxygens (including phenoxy) is 1. The molecule has 126 valence electrons. The van der Waals surface area contributed by atoms with E-state index in [-0.39, 0.29) is 31.0 Å². The first-order chi connectivity index (χ1) is 10.8. The molecule has 1 atom stereocenters. The predicted molar refractivity (Wildman–Crippen MR) is 82.0 cm³/mol. The van der Waals surface area contributed by atoms with E-state index in [1.165, 1.54) is 4.90 Å². The molecule has 8 nitrogen and oxygen atoms in total. The number of carbonyl (C=O) groups is 2. The van der Waals surface area contributed by atoms with Crippen LogP contribution >= 0.6 is 0 Å². The van der Waals surface area contributed by atoms with Gasteiger partial charge in [-0.15, -0.1) is 0 Å². The van der Waals surface area contributed by atoms with E-state index in [0.717, 1.165) is 0 Å². The number of carboxylic acids is 1. The van der Waals surface area contributed by atoms with Crippen molar-refractivity contribution >= 4 is 21.9 Å². The Morgan fingerprint density at radius 3 is 2.30 bits per heavy atom. The van der Waals surface area contributed by atoms with E-state index in [4.69, 9.17) is 15.6 Å². The Balaban J connectivity index is 1.90. The molecule has 0 aliphatic carbocycles. The Bertz CT molecular complexity index is 672. The van der Waals surface area contributed by atoms with Crippen LogP contribution in [0.25, 0.3) is 0 Å². The van der Waals surface area contributed by atoms with Crippen molar-refractivity contribution in [3.63, 3.8) is 0 Å². The molecule has 1 aromatic rings.